The topological polar surface area (TPSA) is 84.9 Å². The van der Waals surface area contributed by atoms with Crippen molar-refractivity contribution in [1.82, 2.24) is 4.31 Å². The van der Waals surface area contributed by atoms with Crippen molar-refractivity contribution in [2.45, 2.75) is 50.2 Å². The lowest BCUT2D eigenvalue weighted by atomic mass is 9.67. The minimum absolute atomic E-state index is 0.121. The summed E-state index contributed by atoms with van der Waals surface area (Å²) in [6.45, 7) is 0.757. The lowest BCUT2D eigenvalue weighted by Gasteiger charge is -2.37. The van der Waals surface area contributed by atoms with E-state index in [1.807, 2.05) is 0 Å². The number of methoxy groups -OCH3 is 2. The number of anilines is 1. The Morgan fingerprint density at radius 2 is 1.86 bits per heavy atom. The Hall–Kier alpha value is -1.80. The molecule has 29 heavy (non-hydrogen) atoms. The molecule has 1 atom stereocenters. The average Bonchev–Trinajstić information content (AvgIpc) is 3.52. The van der Waals surface area contributed by atoms with E-state index < -0.39 is 10.0 Å². The molecule has 3 aliphatic rings. The standard InChI is InChI=1S/C21H30N2O5S/c1-27-15-6-9-18(19(12-15)28-2)22-20(24)17-13-23(29(25,26)16-7-8-16)14-21(17)10-4-3-5-11-21/h6,9,12,16-17H,3-5,7-8,10-11,13-14H2,1-2H3,(H,22,24)/t17-/m1/s1. The number of hydrogen-bond donors (Lipinski definition) is 1. The van der Waals surface area contributed by atoms with Gasteiger partial charge in [-0.25, -0.2) is 12.7 Å². The number of sulfonamides is 1. The van der Waals surface area contributed by atoms with E-state index in [4.69, 9.17) is 9.47 Å². The highest BCUT2D eigenvalue weighted by molar-refractivity contribution is 7.90. The number of benzene rings is 1. The van der Waals surface area contributed by atoms with Crippen LogP contribution in [0.2, 0.25) is 0 Å². The summed E-state index contributed by atoms with van der Waals surface area (Å²) in [6, 6.07) is 5.26. The van der Waals surface area contributed by atoms with Crippen molar-refractivity contribution in [3.63, 3.8) is 0 Å². The molecule has 1 aromatic rings. The zero-order valence-electron chi connectivity index (χ0n) is 17.1. The maximum absolute atomic E-state index is 13.3. The molecule has 1 heterocycles. The molecule has 1 spiro atoms. The first-order valence-electron chi connectivity index (χ1n) is 10.4. The summed E-state index contributed by atoms with van der Waals surface area (Å²) in [5, 5.41) is 2.76. The highest BCUT2D eigenvalue weighted by Crippen LogP contribution is 2.50. The van der Waals surface area contributed by atoms with Crippen LogP contribution in [0.1, 0.15) is 44.9 Å². The number of nitrogens with zero attached hydrogens (tertiary/aromatic N) is 1. The number of rotatable bonds is 6. The van der Waals surface area contributed by atoms with Crippen molar-refractivity contribution < 1.29 is 22.7 Å². The van der Waals surface area contributed by atoms with E-state index in [-0.39, 0.29) is 29.0 Å². The van der Waals surface area contributed by atoms with Crippen molar-refractivity contribution >= 4 is 21.6 Å². The van der Waals surface area contributed by atoms with Crippen LogP contribution in [0.3, 0.4) is 0 Å². The Labute approximate surface area is 172 Å². The molecule has 0 bridgehead atoms. The average molecular weight is 423 g/mol. The molecule has 0 radical (unpaired) electrons. The smallest absolute Gasteiger partial charge is 0.229 e. The molecule has 2 aliphatic carbocycles. The van der Waals surface area contributed by atoms with Crippen LogP contribution in [-0.4, -0.2) is 51.2 Å². The van der Waals surface area contributed by atoms with Gasteiger partial charge in [0.25, 0.3) is 0 Å². The molecular formula is C21H30N2O5S. The quantitative estimate of drug-likeness (QED) is 0.762. The predicted molar refractivity (Wildman–Crippen MR) is 111 cm³/mol. The minimum atomic E-state index is -3.29. The maximum Gasteiger partial charge on any atom is 0.229 e. The first-order valence-corrected chi connectivity index (χ1v) is 11.9. The van der Waals surface area contributed by atoms with Gasteiger partial charge in [-0.15, -0.1) is 0 Å². The molecule has 1 amide bonds. The minimum Gasteiger partial charge on any atom is -0.497 e. The second-order valence-corrected chi connectivity index (χ2v) is 10.8. The summed E-state index contributed by atoms with van der Waals surface area (Å²) in [7, 11) is -0.165. The van der Waals surface area contributed by atoms with Crippen molar-refractivity contribution in [3.05, 3.63) is 18.2 Å². The summed E-state index contributed by atoms with van der Waals surface area (Å²) in [6.07, 6.45) is 6.54. The van der Waals surface area contributed by atoms with Crippen LogP contribution in [-0.2, 0) is 14.8 Å². The highest BCUT2D eigenvalue weighted by atomic mass is 32.2. The van der Waals surface area contributed by atoms with E-state index >= 15 is 0 Å². The van der Waals surface area contributed by atoms with Gasteiger partial charge in [-0.2, -0.15) is 0 Å². The van der Waals surface area contributed by atoms with Gasteiger partial charge >= 0.3 is 0 Å². The molecule has 7 nitrogen and oxygen atoms in total. The van der Waals surface area contributed by atoms with Crippen LogP contribution in [0, 0.1) is 11.3 Å². The van der Waals surface area contributed by atoms with E-state index in [9.17, 15) is 13.2 Å². The molecule has 0 aromatic heterocycles. The van der Waals surface area contributed by atoms with E-state index in [1.54, 1.807) is 36.7 Å². The molecule has 2 saturated carbocycles. The van der Waals surface area contributed by atoms with E-state index in [1.165, 1.54) is 0 Å². The number of nitrogens with one attached hydrogen (secondary N) is 1. The van der Waals surface area contributed by atoms with Crippen LogP contribution in [0.15, 0.2) is 18.2 Å². The third kappa shape index (κ3) is 3.84. The fourth-order valence-electron chi connectivity index (χ4n) is 4.94. The molecule has 1 aliphatic heterocycles. The number of ether oxygens (including phenoxy) is 2. The molecule has 1 N–H and O–H groups in total. The molecule has 1 saturated heterocycles. The van der Waals surface area contributed by atoms with Gasteiger partial charge in [0.15, 0.2) is 0 Å². The van der Waals surface area contributed by atoms with Crippen molar-refractivity contribution in [3.8, 4) is 11.5 Å². The lowest BCUT2D eigenvalue weighted by molar-refractivity contribution is -0.123. The van der Waals surface area contributed by atoms with Gasteiger partial charge in [0.1, 0.15) is 11.5 Å². The monoisotopic (exact) mass is 422 g/mol. The Morgan fingerprint density at radius 3 is 2.48 bits per heavy atom. The first-order chi connectivity index (χ1) is 13.9. The molecular weight excluding hydrogens is 392 g/mol. The molecule has 160 valence electrons. The predicted octanol–water partition coefficient (Wildman–Crippen LogP) is 3.02. The third-order valence-corrected chi connectivity index (χ3v) is 9.07. The number of hydrogen-bond acceptors (Lipinski definition) is 5. The maximum atomic E-state index is 13.3. The van der Waals surface area contributed by atoms with E-state index in [2.05, 4.69) is 5.32 Å². The Kier molecular flexibility index (Phi) is 5.50. The fourth-order valence-corrected chi connectivity index (χ4v) is 6.89. The van der Waals surface area contributed by atoms with Gasteiger partial charge in [-0.3, -0.25) is 4.79 Å². The van der Waals surface area contributed by atoms with Crippen LogP contribution >= 0.6 is 0 Å². The zero-order chi connectivity index (χ0) is 20.6. The van der Waals surface area contributed by atoms with Crippen molar-refractivity contribution in [2.24, 2.45) is 11.3 Å². The summed E-state index contributed by atoms with van der Waals surface area (Å²) in [5.41, 5.74) is 0.317. The van der Waals surface area contributed by atoms with Gasteiger partial charge < -0.3 is 14.8 Å². The van der Waals surface area contributed by atoms with Crippen LogP contribution in [0.4, 0.5) is 5.69 Å². The lowest BCUT2D eigenvalue weighted by Crippen LogP contribution is -2.39. The molecule has 8 heteroatoms. The summed E-state index contributed by atoms with van der Waals surface area (Å²) < 4.78 is 38.0. The summed E-state index contributed by atoms with van der Waals surface area (Å²) in [5.74, 6) is 0.703. The SMILES string of the molecule is COc1ccc(NC(=O)[C@H]2CN(S(=O)(=O)C3CC3)CC23CCCCC3)c(OC)c1. The highest BCUT2D eigenvalue weighted by Gasteiger charge is 2.55. The zero-order valence-corrected chi connectivity index (χ0v) is 18.0. The molecule has 1 aromatic carbocycles. The number of carbonyl (C=O) groups excluding carboxylic acids is 1. The second-order valence-electron chi connectivity index (χ2n) is 8.57. The molecule has 4 rings (SSSR count). The summed E-state index contributed by atoms with van der Waals surface area (Å²) >= 11 is 0. The Bertz CT molecular complexity index is 875. The largest absolute Gasteiger partial charge is 0.497 e. The van der Waals surface area contributed by atoms with Crippen LogP contribution < -0.4 is 14.8 Å². The van der Waals surface area contributed by atoms with E-state index in [0.29, 0.717) is 23.7 Å². The van der Waals surface area contributed by atoms with Crippen molar-refractivity contribution in [2.75, 3.05) is 32.6 Å². The Morgan fingerprint density at radius 1 is 1.14 bits per heavy atom. The first kappa shape index (κ1) is 20.5. The van der Waals surface area contributed by atoms with Gasteiger partial charge in [0.05, 0.1) is 31.1 Å². The van der Waals surface area contributed by atoms with Gasteiger partial charge in [-0.05, 0) is 43.2 Å². The van der Waals surface area contributed by atoms with Crippen LogP contribution in [0.25, 0.3) is 0 Å². The van der Waals surface area contributed by atoms with Gasteiger partial charge in [-0.1, -0.05) is 19.3 Å². The fraction of sp³-hybridized carbons (Fsp3) is 0.667. The molecule has 3 fully saturated rings. The third-order valence-electron chi connectivity index (χ3n) is 6.75. The van der Waals surface area contributed by atoms with Crippen molar-refractivity contribution in [1.29, 1.82) is 0 Å². The Balaban J connectivity index is 1.58. The summed E-state index contributed by atoms with van der Waals surface area (Å²) in [4.78, 5) is 13.3. The number of carbonyl (C=O) groups is 1. The van der Waals surface area contributed by atoms with Gasteiger partial charge in [0.2, 0.25) is 15.9 Å². The normalized spacial score (nSPS) is 24.4. The second kappa shape index (κ2) is 7.80. The van der Waals surface area contributed by atoms with E-state index in [0.717, 1.165) is 44.9 Å². The van der Waals surface area contributed by atoms with Crippen LogP contribution in [0.5, 0.6) is 11.5 Å². The van der Waals surface area contributed by atoms with Gasteiger partial charge in [0, 0.05) is 19.2 Å². The number of amides is 1. The molecule has 0 unspecified atom stereocenters.